The van der Waals surface area contributed by atoms with Gasteiger partial charge in [0.2, 0.25) is 0 Å². The van der Waals surface area contributed by atoms with Crippen LogP contribution in [0.1, 0.15) is 128 Å². The molecule has 4 aromatic carbocycles. The first-order valence-corrected chi connectivity index (χ1v) is 25.8. The number of ether oxygens (including phenoxy) is 4. The minimum Gasteiger partial charge on any atom is -0.496 e. The van der Waals surface area contributed by atoms with Gasteiger partial charge in [-0.05, 0) is 149 Å². The zero-order valence-electron chi connectivity index (χ0n) is 44.8. The number of methoxy groups -OCH3 is 4. The topological polar surface area (TPSA) is 340 Å². The molecule has 0 aliphatic rings. The van der Waals surface area contributed by atoms with Gasteiger partial charge in [-0.15, -0.1) is 0 Å². The van der Waals surface area contributed by atoms with Crippen molar-refractivity contribution < 1.29 is 57.3 Å². The number of hydrogen-bond acceptors (Lipinski definition) is 16. The first-order chi connectivity index (χ1) is 36.9. The predicted molar refractivity (Wildman–Crippen MR) is 291 cm³/mol. The van der Waals surface area contributed by atoms with E-state index in [1.54, 1.807) is 42.5 Å². The van der Waals surface area contributed by atoms with E-state index in [-0.39, 0.29) is 101 Å². The van der Waals surface area contributed by atoms with Crippen LogP contribution in [0.5, 0.6) is 23.0 Å². The van der Waals surface area contributed by atoms with Gasteiger partial charge in [-0.3, -0.25) is 38.4 Å². The molecular weight excluding hydrogens is 989 g/mol. The van der Waals surface area contributed by atoms with E-state index in [0.29, 0.717) is 74.0 Å². The van der Waals surface area contributed by atoms with E-state index in [9.17, 15) is 38.4 Å². The third-order valence-electron chi connectivity index (χ3n) is 13.1. The highest BCUT2D eigenvalue weighted by atomic mass is 16.5. The SMILES string of the molecule is COc1ccc(CC(=O)[C@H](CCCCN)NC(=O)c2cc(CC(=O)[C@H](C)NC(=O)c3cc(CC(=O)[C@H](CCCCN)NC(=O)c4cc(CC(=O)[C@@H](N)CCCCN)ccc4OC)ccc3OC)ccc2OC)cc1C(N)=O. The van der Waals surface area contributed by atoms with Crippen LogP contribution in [-0.4, -0.2) is 119 Å². The van der Waals surface area contributed by atoms with Crippen LogP contribution < -0.4 is 63.6 Å². The molecule has 4 atom stereocenters. The van der Waals surface area contributed by atoms with Gasteiger partial charge in [0.15, 0.2) is 23.1 Å². The smallest absolute Gasteiger partial charge is 0.255 e. The molecule has 0 aliphatic heterocycles. The van der Waals surface area contributed by atoms with Crippen LogP contribution in [0.4, 0.5) is 0 Å². The second-order valence-corrected chi connectivity index (χ2v) is 18.8. The van der Waals surface area contributed by atoms with E-state index < -0.39 is 53.6 Å². The highest BCUT2D eigenvalue weighted by Gasteiger charge is 2.28. The minimum atomic E-state index is -1.04. The number of Topliss-reactive ketones (excluding diaryl/α,β-unsaturated/α-hetero) is 4. The van der Waals surface area contributed by atoms with Crippen LogP contribution in [0.2, 0.25) is 0 Å². The molecule has 4 rings (SSSR count). The minimum absolute atomic E-state index is 0.00182. The second kappa shape index (κ2) is 31.5. The molecule has 0 heterocycles. The fourth-order valence-electron chi connectivity index (χ4n) is 8.63. The summed E-state index contributed by atoms with van der Waals surface area (Å²) in [4.78, 5) is 108. The van der Waals surface area contributed by atoms with Crippen LogP contribution in [0.15, 0.2) is 72.8 Å². The second-order valence-electron chi connectivity index (χ2n) is 18.8. The maximum atomic E-state index is 14.1. The molecule has 20 nitrogen and oxygen atoms in total. The lowest BCUT2D eigenvalue weighted by atomic mass is 9.96. The number of carbonyl (C=O) groups excluding carboxylic acids is 8. The van der Waals surface area contributed by atoms with Gasteiger partial charge in [0.1, 0.15) is 23.0 Å². The Bertz CT molecular complexity index is 2710. The Morgan fingerprint density at radius 1 is 0.429 bits per heavy atom. The zero-order chi connectivity index (χ0) is 56.6. The quantitative estimate of drug-likeness (QED) is 0.0306. The summed E-state index contributed by atoms with van der Waals surface area (Å²) < 4.78 is 21.7. The average Bonchev–Trinajstić information content (AvgIpc) is 3.42. The van der Waals surface area contributed by atoms with E-state index in [1.165, 1.54) is 65.7 Å². The highest BCUT2D eigenvalue weighted by molar-refractivity contribution is 6.03. The standard InChI is InChI=1S/C57H76N8O12/c1-34(46(66)30-36-16-20-52(76-4)41(27-36)56(72)64-44(13-7-10-24-59)48(68)32-35-15-19-50(74-2)39(26-35)54(62)70)63-55(71)40-29-38(18-22-51(40)75-3)33-49(69)45(14-8-11-25-60)65-57(73)42-28-37(17-21-53(42)77-5)31-47(67)43(61)12-6-9-23-58/h15-22,26-29,34,43-45H,6-14,23-25,30-33,58-61H2,1-5H3,(H2,62,70)(H,63,71)(H,64,72)(H,65,73)/t34-,43-,44-,45-/m0/s1. The van der Waals surface area contributed by atoms with Gasteiger partial charge >= 0.3 is 0 Å². The Morgan fingerprint density at radius 2 is 0.740 bits per heavy atom. The van der Waals surface area contributed by atoms with Crippen molar-refractivity contribution in [1.82, 2.24) is 16.0 Å². The predicted octanol–water partition coefficient (Wildman–Crippen LogP) is 3.40. The fraction of sp³-hybridized carbons (Fsp3) is 0.439. The Morgan fingerprint density at radius 3 is 1.09 bits per heavy atom. The van der Waals surface area contributed by atoms with Crippen molar-refractivity contribution in [1.29, 1.82) is 0 Å². The number of amides is 4. The molecule has 0 radical (unpaired) electrons. The van der Waals surface area contributed by atoms with Crippen LogP contribution in [-0.2, 0) is 44.9 Å². The molecule has 4 amide bonds. The number of unbranched alkanes of at least 4 members (excludes halogenated alkanes) is 3. The number of rotatable bonds is 35. The summed E-state index contributed by atoms with van der Waals surface area (Å²) in [6.07, 6.45) is 4.27. The Hall–Kier alpha value is -7.52. The Labute approximate surface area is 450 Å². The molecule has 0 saturated heterocycles. The third-order valence-corrected chi connectivity index (χ3v) is 13.1. The summed E-state index contributed by atoms with van der Waals surface area (Å²) >= 11 is 0. The monoisotopic (exact) mass is 1060 g/mol. The zero-order valence-corrected chi connectivity index (χ0v) is 44.8. The molecule has 13 N–H and O–H groups in total. The van der Waals surface area contributed by atoms with E-state index in [2.05, 4.69) is 16.0 Å². The molecular formula is C57H76N8O12. The summed E-state index contributed by atoms with van der Waals surface area (Å²) in [6, 6.07) is 15.1. The normalized spacial score (nSPS) is 12.5. The van der Waals surface area contributed by atoms with Gasteiger partial charge in [0.25, 0.3) is 23.6 Å². The largest absolute Gasteiger partial charge is 0.496 e. The van der Waals surface area contributed by atoms with Gasteiger partial charge in [0.05, 0.1) is 74.9 Å². The van der Waals surface area contributed by atoms with Crippen molar-refractivity contribution in [2.24, 2.45) is 28.7 Å². The number of nitrogens with one attached hydrogen (secondary N) is 3. The first kappa shape index (κ1) is 62.0. The number of primary amides is 1. The van der Waals surface area contributed by atoms with E-state index in [4.69, 9.17) is 47.6 Å². The van der Waals surface area contributed by atoms with Gasteiger partial charge < -0.3 is 63.6 Å². The van der Waals surface area contributed by atoms with Gasteiger partial charge in [0, 0.05) is 25.7 Å². The van der Waals surface area contributed by atoms with Gasteiger partial charge in [-0.1, -0.05) is 30.7 Å². The Kier molecular flexibility index (Phi) is 25.4. The van der Waals surface area contributed by atoms with Crippen molar-refractivity contribution in [3.05, 3.63) is 117 Å². The lowest BCUT2D eigenvalue weighted by Gasteiger charge is -2.20. The Balaban J connectivity index is 1.47. The van der Waals surface area contributed by atoms with E-state index in [1.807, 2.05) is 0 Å². The van der Waals surface area contributed by atoms with Crippen molar-refractivity contribution in [3.8, 4) is 23.0 Å². The molecule has 0 aliphatic carbocycles. The van der Waals surface area contributed by atoms with Crippen molar-refractivity contribution in [2.45, 2.75) is 115 Å². The number of ketones is 4. The maximum absolute atomic E-state index is 14.1. The van der Waals surface area contributed by atoms with Crippen molar-refractivity contribution in [3.63, 3.8) is 0 Å². The summed E-state index contributed by atoms with van der Waals surface area (Å²) in [5.74, 6) is -2.99. The summed E-state index contributed by atoms with van der Waals surface area (Å²) in [7, 11) is 5.57. The molecule has 0 saturated carbocycles. The molecule has 0 fully saturated rings. The molecule has 0 aromatic heterocycles. The third kappa shape index (κ3) is 18.6. The number of carbonyl (C=O) groups is 8. The number of hydrogen-bond donors (Lipinski definition) is 8. The first-order valence-electron chi connectivity index (χ1n) is 25.8. The van der Waals surface area contributed by atoms with Gasteiger partial charge in [-0.2, -0.15) is 0 Å². The fourth-order valence-corrected chi connectivity index (χ4v) is 8.63. The maximum Gasteiger partial charge on any atom is 0.255 e. The van der Waals surface area contributed by atoms with Gasteiger partial charge in [-0.25, -0.2) is 0 Å². The average molecular weight is 1070 g/mol. The van der Waals surface area contributed by atoms with Crippen LogP contribution in [0.25, 0.3) is 0 Å². The van der Waals surface area contributed by atoms with E-state index >= 15 is 0 Å². The molecule has 0 spiro atoms. The lowest BCUT2D eigenvalue weighted by Crippen LogP contribution is -2.42. The van der Waals surface area contributed by atoms with Crippen LogP contribution in [0.3, 0.4) is 0 Å². The molecule has 77 heavy (non-hydrogen) atoms. The summed E-state index contributed by atoms with van der Waals surface area (Å²) in [6.45, 7) is 2.78. The molecule has 416 valence electrons. The van der Waals surface area contributed by atoms with Crippen molar-refractivity contribution >= 4 is 46.8 Å². The number of nitrogens with two attached hydrogens (primary N) is 5. The lowest BCUT2D eigenvalue weighted by molar-refractivity contribution is -0.121. The molecule has 0 unspecified atom stereocenters. The summed E-state index contributed by atoms with van der Waals surface area (Å²) in [5, 5.41) is 8.42. The molecule has 20 heteroatoms. The van der Waals surface area contributed by atoms with Crippen molar-refractivity contribution in [2.75, 3.05) is 48.1 Å². The molecule has 0 bridgehead atoms. The highest BCUT2D eigenvalue weighted by Crippen LogP contribution is 2.26. The summed E-state index contributed by atoms with van der Waals surface area (Å²) in [5.41, 5.74) is 31.0. The molecule has 4 aromatic rings. The number of benzene rings is 4. The van der Waals surface area contributed by atoms with E-state index in [0.717, 1.165) is 12.8 Å². The van der Waals surface area contributed by atoms with Crippen LogP contribution in [0, 0.1) is 0 Å². The van der Waals surface area contributed by atoms with Crippen LogP contribution >= 0.6 is 0 Å².